The highest BCUT2D eigenvalue weighted by molar-refractivity contribution is 5.44. The van der Waals surface area contributed by atoms with Gasteiger partial charge < -0.3 is 9.80 Å². The molecule has 8 heterocycles. The minimum atomic E-state index is -2.47. The Morgan fingerprint density at radius 2 is 1.09 bits per heavy atom. The van der Waals surface area contributed by atoms with Gasteiger partial charge >= 0.3 is 0 Å². The number of aromatic nitrogens is 14. The Kier molecular flexibility index (Phi) is 10.6. The van der Waals surface area contributed by atoms with Crippen LogP contribution in [0.4, 0.5) is 20.7 Å². The van der Waals surface area contributed by atoms with Crippen molar-refractivity contribution in [2.45, 2.75) is 92.0 Å². The molecule has 0 bridgehead atoms. The lowest BCUT2D eigenvalue weighted by atomic mass is 10.2. The average Bonchev–Trinajstić information content (AvgIpc) is 4.05. The van der Waals surface area contributed by atoms with Gasteiger partial charge in [-0.1, -0.05) is 18.2 Å². The van der Waals surface area contributed by atoms with E-state index in [9.17, 15) is 8.78 Å². The number of rotatable bonds is 11. The molecule has 0 atom stereocenters. The molecular weight excluding hydrogens is 719 g/mol. The van der Waals surface area contributed by atoms with Gasteiger partial charge in [-0.05, 0) is 65.5 Å². The molecule has 0 aliphatic carbocycles. The van der Waals surface area contributed by atoms with E-state index in [1.54, 1.807) is 10.7 Å². The normalized spacial score (nSPS) is 14.5. The molecule has 6 aromatic heterocycles. The lowest BCUT2D eigenvalue weighted by molar-refractivity contribution is 0.120. The molecule has 2 aliphatic heterocycles. The first-order valence-electron chi connectivity index (χ1n) is 19.3. The van der Waals surface area contributed by atoms with Crippen LogP contribution in [0.3, 0.4) is 0 Å². The third-order valence-corrected chi connectivity index (χ3v) is 10.1. The summed E-state index contributed by atoms with van der Waals surface area (Å²) in [7, 11) is 0. The van der Waals surface area contributed by atoms with Crippen LogP contribution >= 0.6 is 0 Å². The van der Waals surface area contributed by atoms with Crippen LogP contribution in [-0.2, 0) is 32.2 Å². The van der Waals surface area contributed by atoms with Gasteiger partial charge in [-0.2, -0.15) is 20.2 Å². The average molecular weight is 765 g/mol. The molecule has 2 aliphatic rings. The second-order valence-corrected chi connectivity index (χ2v) is 14.4. The number of hydrogen-bond acceptors (Lipinski definition) is 12. The second-order valence-electron chi connectivity index (χ2n) is 14.4. The number of hydrogen-bond donors (Lipinski definition) is 0. The Hall–Kier alpha value is -5.94. The van der Waals surface area contributed by atoms with Gasteiger partial charge in [0.15, 0.2) is 22.9 Å². The molecule has 0 saturated carbocycles. The van der Waals surface area contributed by atoms with E-state index in [1.807, 2.05) is 66.2 Å². The molecular formula is C38H46F2N16. The van der Waals surface area contributed by atoms with Crippen molar-refractivity contribution in [1.82, 2.24) is 68.7 Å². The van der Waals surface area contributed by atoms with E-state index in [0.29, 0.717) is 36.9 Å². The SMILES string of the molecule is Cc1ncc(C)n2nc(CCc3nc(N4CCCC4)nn3-c3ccccc3)nc12.Cc1ncc(C)n2nc(CCc3nc(N4CCCC4)nn3CC(F)F)nc12. The van der Waals surface area contributed by atoms with E-state index in [2.05, 4.69) is 52.3 Å². The predicted octanol–water partition coefficient (Wildman–Crippen LogP) is 4.69. The molecule has 0 spiro atoms. The van der Waals surface area contributed by atoms with Gasteiger partial charge in [0.25, 0.3) is 6.43 Å². The Labute approximate surface area is 322 Å². The molecule has 2 saturated heterocycles. The minimum Gasteiger partial charge on any atom is -0.340 e. The Morgan fingerprint density at radius 3 is 1.61 bits per heavy atom. The lowest BCUT2D eigenvalue weighted by Crippen LogP contribution is -2.19. The van der Waals surface area contributed by atoms with Gasteiger partial charge in [-0.15, -0.1) is 10.2 Å². The maximum Gasteiger partial charge on any atom is 0.257 e. The highest BCUT2D eigenvalue weighted by Crippen LogP contribution is 2.21. The first-order chi connectivity index (χ1) is 27.2. The number of aryl methyl sites for hydroxylation is 8. The summed E-state index contributed by atoms with van der Waals surface area (Å²) in [5, 5.41) is 18.3. The molecule has 1 aromatic carbocycles. The third kappa shape index (κ3) is 7.90. The molecule has 292 valence electrons. The second kappa shape index (κ2) is 16.0. The molecule has 56 heavy (non-hydrogen) atoms. The molecule has 9 rings (SSSR count). The van der Waals surface area contributed by atoms with E-state index >= 15 is 0 Å². The Bertz CT molecular complexity index is 2340. The van der Waals surface area contributed by atoms with E-state index in [0.717, 1.165) is 103 Å². The van der Waals surface area contributed by atoms with E-state index < -0.39 is 13.0 Å². The topological polar surface area (TPSA) is 154 Å². The van der Waals surface area contributed by atoms with Crippen LogP contribution in [0.2, 0.25) is 0 Å². The Balaban J connectivity index is 0.000000158. The fourth-order valence-corrected chi connectivity index (χ4v) is 7.13. The van der Waals surface area contributed by atoms with Crippen LogP contribution in [0, 0.1) is 27.7 Å². The first-order valence-corrected chi connectivity index (χ1v) is 19.3. The molecule has 7 aromatic rings. The van der Waals surface area contributed by atoms with Gasteiger partial charge in [0.05, 0.1) is 28.5 Å². The lowest BCUT2D eigenvalue weighted by Gasteiger charge is -2.10. The molecule has 0 radical (unpaired) electrons. The quantitative estimate of drug-likeness (QED) is 0.180. The summed E-state index contributed by atoms with van der Waals surface area (Å²) in [6.07, 6.45) is 8.05. The number of halogens is 2. The fraction of sp³-hybridized carbons (Fsp3) is 0.474. The molecule has 0 amide bonds. The van der Waals surface area contributed by atoms with Crippen molar-refractivity contribution in [3.63, 3.8) is 0 Å². The summed E-state index contributed by atoms with van der Waals surface area (Å²) in [4.78, 5) is 31.6. The highest BCUT2D eigenvalue weighted by Gasteiger charge is 2.23. The van der Waals surface area contributed by atoms with Crippen molar-refractivity contribution in [3.8, 4) is 5.69 Å². The minimum absolute atomic E-state index is 0.448. The van der Waals surface area contributed by atoms with Crippen molar-refractivity contribution < 1.29 is 8.78 Å². The maximum atomic E-state index is 12.9. The standard InChI is InChI=1S/C21H24N8.C17H22F2N8/c1-15-14-22-16(2)20-23-18(25-28(15)20)10-11-19-24-21(27-12-6-7-13-27)26-29(19)17-8-4-3-5-9-17;1-11-9-20-12(2)16-21-14(23-27(11)16)5-6-15-22-17(25-7-3-4-8-25)24-26(15)10-13(18)19/h3-5,8-9,14H,6-7,10-13H2,1-2H3;9,13H,3-8,10H2,1-2H3. The number of nitrogens with zero attached hydrogens (tertiary/aromatic N) is 16. The smallest absolute Gasteiger partial charge is 0.257 e. The van der Waals surface area contributed by atoms with Gasteiger partial charge in [-0.25, -0.2) is 37.1 Å². The number of para-hydroxylation sites is 1. The fourth-order valence-electron chi connectivity index (χ4n) is 7.13. The van der Waals surface area contributed by atoms with Gasteiger partial charge in [0, 0.05) is 64.3 Å². The van der Waals surface area contributed by atoms with Gasteiger partial charge in [0.1, 0.15) is 18.2 Å². The molecule has 2 fully saturated rings. The van der Waals surface area contributed by atoms with Crippen molar-refractivity contribution in [2.75, 3.05) is 36.0 Å². The summed E-state index contributed by atoms with van der Waals surface area (Å²) in [5.41, 5.74) is 6.13. The van der Waals surface area contributed by atoms with Crippen LogP contribution < -0.4 is 9.80 Å². The van der Waals surface area contributed by atoms with Crippen molar-refractivity contribution in [2.24, 2.45) is 0 Å². The van der Waals surface area contributed by atoms with Crippen molar-refractivity contribution in [1.29, 1.82) is 0 Å². The summed E-state index contributed by atoms with van der Waals surface area (Å²) >= 11 is 0. The van der Waals surface area contributed by atoms with Crippen molar-refractivity contribution in [3.05, 3.63) is 88.8 Å². The van der Waals surface area contributed by atoms with E-state index in [-0.39, 0.29) is 0 Å². The number of alkyl halides is 2. The molecule has 18 heteroatoms. The van der Waals surface area contributed by atoms with Crippen molar-refractivity contribution >= 4 is 23.2 Å². The highest BCUT2D eigenvalue weighted by atomic mass is 19.3. The molecule has 0 N–H and O–H groups in total. The Morgan fingerprint density at radius 1 is 0.589 bits per heavy atom. The molecule has 16 nitrogen and oxygen atoms in total. The summed E-state index contributed by atoms with van der Waals surface area (Å²) in [5.74, 6) is 4.28. The van der Waals surface area contributed by atoms with Crippen LogP contribution in [0.15, 0.2) is 42.7 Å². The summed E-state index contributed by atoms with van der Waals surface area (Å²) < 4.78 is 32.8. The zero-order valence-electron chi connectivity index (χ0n) is 32.2. The van der Waals surface area contributed by atoms with Crippen LogP contribution in [0.5, 0.6) is 0 Å². The summed E-state index contributed by atoms with van der Waals surface area (Å²) in [6, 6.07) is 10.2. The van der Waals surface area contributed by atoms with Crippen LogP contribution in [0.1, 0.15) is 71.8 Å². The number of anilines is 2. The van der Waals surface area contributed by atoms with E-state index in [4.69, 9.17) is 15.1 Å². The van der Waals surface area contributed by atoms with Crippen LogP contribution in [-0.4, -0.2) is 101 Å². The van der Waals surface area contributed by atoms with Gasteiger partial charge in [0.2, 0.25) is 11.9 Å². The molecule has 0 unspecified atom stereocenters. The largest absolute Gasteiger partial charge is 0.340 e. The maximum absolute atomic E-state index is 12.9. The zero-order valence-corrected chi connectivity index (χ0v) is 32.2. The number of benzene rings is 1. The van der Waals surface area contributed by atoms with Gasteiger partial charge in [-0.3, -0.25) is 9.97 Å². The first kappa shape index (κ1) is 37.0. The third-order valence-electron chi connectivity index (χ3n) is 10.1. The summed E-state index contributed by atoms with van der Waals surface area (Å²) in [6.45, 7) is 11.1. The van der Waals surface area contributed by atoms with E-state index in [1.165, 1.54) is 17.5 Å². The zero-order chi connectivity index (χ0) is 38.8. The predicted molar refractivity (Wildman–Crippen MR) is 206 cm³/mol. The monoisotopic (exact) mass is 764 g/mol. The number of fused-ring (bicyclic) bond motifs is 2. The van der Waals surface area contributed by atoms with Crippen LogP contribution in [0.25, 0.3) is 17.0 Å².